The van der Waals surface area contributed by atoms with E-state index in [4.69, 9.17) is 0 Å². The van der Waals surface area contributed by atoms with Crippen LogP contribution < -0.4 is 8.79 Å². The summed E-state index contributed by atoms with van der Waals surface area (Å²) in [5, 5.41) is 2.01. The van der Waals surface area contributed by atoms with Gasteiger partial charge >= 0.3 is 184 Å². The number of ketones is 2. The average Bonchev–Trinajstić information content (AvgIpc) is 3.44. The van der Waals surface area contributed by atoms with Crippen LogP contribution in [0.25, 0.3) is 25.7 Å². The minimum absolute atomic E-state index is 0.119. The quantitative estimate of drug-likeness (QED) is 0.202. The van der Waals surface area contributed by atoms with Crippen molar-refractivity contribution in [2.24, 2.45) is 0 Å². The summed E-state index contributed by atoms with van der Waals surface area (Å²) < 4.78 is 7.60. The molecule has 0 amide bonds. The average molecular weight is 567 g/mol. The second kappa shape index (κ2) is 6.17. The molecule has 0 N–H and O–H groups in total. The molecule has 2 aromatic heterocycles. The second-order valence-corrected chi connectivity index (χ2v) is 21.4. The molecule has 5 heteroatoms. The normalized spacial score (nSPS) is 16.3. The molecule has 29 heavy (non-hydrogen) atoms. The summed E-state index contributed by atoms with van der Waals surface area (Å²) in [5.74, 6) is 4.71. The van der Waals surface area contributed by atoms with Crippen LogP contribution in [0.5, 0.6) is 0 Å². The summed E-state index contributed by atoms with van der Waals surface area (Å²) in [6, 6.07) is 16.3. The number of fused-ring (bicyclic) bond motifs is 5. The van der Waals surface area contributed by atoms with E-state index in [2.05, 4.69) is 28.6 Å². The first-order valence-corrected chi connectivity index (χ1v) is 19.4. The third-order valence-electron chi connectivity index (χ3n) is 6.12. The molecule has 0 saturated carbocycles. The van der Waals surface area contributed by atoms with E-state index in [1.54, 1.807) is 17.7 Å². The molecule has 0 atom stereocenters. The Morgan fingerprint density at radius 2 is 1.48 bits per heavy atom. The fourth-order valence-electron chi connectivity index (χ4n) is 4.52. The van der Waals surface area contributed by atoms with Crippen molar-refractivity contribution >= 4 is 79.5 Å². The minimum atomic E-state index is -2.17. The van der Waals surface area contributed by atoms with Gasteiger partial charge in [-0.05, 0) is 0 Å². The van der Waals surface area contributed by atoms with Crippen molar-refractivity contribution in [3.8, 4) is 8.87 Å². The predicted molar refractivity (Wildman–Crippen MR) is 123 cm³/mol. The van der Waals surface area contributed by atoms with Gasteiger partial charge < -0.3 is 0 Å². The zero-order valence-corrected chi connectivity index (χ0v) is 21.4. The van der Waals surface area contributed by atoms with Crippen LogP contribution >= 0.6 is 0 Å². The summed E-state index contributed by atoms with van der Waals surface area (Å²) >= 11 is -1.51. The number of carbonyl (C=O) groups is 2. The Labute approximate surface area is 183 Å². The number of Topliss-reactive ketones (excluding diaryl/α,β-unsaturated/α-hetero) is 2. The first-order chi connectivity index (χ1) is 13.9. The van der Waals surface area contributed by atoms with E-state index in [1.165, 1.54) is 4.44 Å². The molecule has 2 nitrogen and oxygen atoms in total. The Morgan fingerprint density at radius 3 is 2.14 bits per heavy atom. The molecule has 1 aliphatic heterocycles. The zero-order valence-electron chi connectivity index (χ0n) is 15.9. The summed E-state index contributed by atoms with van der Waals surface area (Å²) in [4.78, 5) is 28.5. The Morgan fingerprint density at radius 1 is 0.828 bits per heavy atom. The van der Waals surface area contributed by atoms with Gasteiger partial charge in [0.05, 0.1) is 0 Å². The van der Waals surface area contributed by atoms with Gasteiger partial charge in [0.2, 0.25) is 0 Å². The van der Waals surface area contributed by atoms with E-state index in [0.29, 0.717) is 31.2 Å². The van der Waals surface area contributed by atoms with Gasteiger partial charge in [0.15, 0.2) is 0 Å². The molecule has 6 rings (SSSR count). The first-order valence-electron chi connectivity index (χ1n) is 9.52. The van der Waals surface area contributed by atoms with E-state index in [1.807, 2.05) is 42.5 Å². The van der Waals surface area contributed by atoms with Crippen molar-refractivity contribution in [3.05, 3.63) is 74.6 Å². The van der Waals surface area contributed by atoms with Crippen molar-refractivity contribution in [1.29, 1.82) is 0 Å². The fraction of sp³-hybridized carbons (Fsp3) is 0.0833. The van der Waals surface area contributed by atoms with Crippen LogP contribution in [0.3, 0.4) is 0 Å². The molecule has 1 aliphatic carbocycles. The standard InChI is InChI=1S/C24H16GeO2Se2/c1-25(2)19-7-8-28-23(19)24-20(25)12-15(29-24)11-18-21(26)16-9-13-5-3-4-6-14(13)10-17(16)22(18)27/h3-12H,1-2H3. The van der Waals surface area contributed by atoms with Crippen LogP contribution in [0.4, 0.5) is 0 Å². The number of hydrogen-bond donors (Lipinski definition) is 0. The number of rotatable bonds is 1. The Kier molecular flexibility index (Phi) is 3.85. The van der Waals surface area contributed by atoms with Gasteiger partial charge in [0.1, 0.15) is 0 Å². The van der Waals surface area contributed by atoms with Crippen LogP contribution in [0.1, 0.15) is 25.2 Å². The van der Waals surface area contributed by atoms with Crippen molar-refractivity contribution in [2.75, 3.05) is 0 Å². The molecule has 0 radical (unpaired) electrons. The summed E-state index contributed by atoms with van der Waals surface area (Å²) in [5.41, 5.74) is 1.45. The number of hydrogen-bond acceptors (Lipinski definition) is 2. The third-order valence-corrected chi connectivity index (χ3v) is 20.1. The van der Waals surface area contributed by atoms with Gasteiger partial charge in [-0.3, -0.25) is 0 Å². The van der Waals surface area contributed by atoms with Crippen molar-refractivity contribution in [3.63, 3.8) is 0 Å². The summed E-state index contributed by atoms with van der Waals surface area (Å²) in [6.07, 6.45) is 1.90. The molecule has 3 heterocycles. The van der Waals surface area contributed by atoms with Crippen molar-refractivity contribution in [2.45, 2.75) is 11.5 Å². The van der Waals surface area contributed by atoms with Crippen LogP contribution in [0.15, 0.2) is 59.0 Å². The van der Waals surface area contributed by atoms with Crippen LogP contribution in [-0.2, 0) is 0 Å². The Bertz CT molecular complexity index is 1360. The molecule has 0 spiro atoms. The molecule has 0 bridgehead atoms. The van der Waals surface area contributed by atoms with Gasteiger partial charge in [0, 0.05) is 0 Å². The van der Waals surface area contributed by atoms with E-state index in [9.17, 15) is 9.59 Å². The molecule has 4 aromatic rings. The zero-order chi connectivity index (χ0) is 19.9. The molecular weight excluding hydrogens is 551 g/mol. The number of allylic oxidation sites excluding steroid dienone is 1. The van der Waals surface area contributed by atoms with E-state index >= 15 is 0 Å². The molecular formula is C24H16GeO2Se2. The van der Waals surface area contributed by atoms with Crippen molar-refractivity contribution < 1.29 is 9.59 Å². The number of benzene rings is 2. The first kappa shape index (κ1) is 18.1. The SMILES string of the molecule is [CH3][Ge]1([CH3])[c]2cc[se]c2-c2[se]c(C=C3C(=O)c4cc5ccccc5cc4C3=O)c[c]21. The molecule has 140 valence electrons. The third kappa shape index (κ3) is 2.47. The van der Waals surface area contributed by atoms with Gasteiger partial charge in [-0.15, -0.1) is 0 Å². The Balaban J connectivity index is 1.47. The molecule has 2 aromatic carbocycles. The van der Waals surface area contributed by atoms with Gasteiger partial charge in [-0.1, -0.05) is 0 Å². The number of carbonyl (C=O) groups excluding carboxylic acids is 2. The second-order valence-electron chi connectivity index (χ2n) is 8.14. The van der Waals surface area contributed by atoms with Crippen LogP contribution in [0.2, 0.25) is 11.5 Å². The van der Waals surface area contributed by atoms with E-state index in [-0.39, 0.29) is 26.1 Å². The molecule has 0 saturated heterocycles. The molecule has 0 fully saturated rings. The summed E-state index contributed by atoms with van der Waals surface area (Å²) in [6.45, 7) is 0. The fourth-order valence-corrected chi connectivity index (χ4v) is 23.4. The monoisotopic (exact) mass is 570 g/mol. The maximum absolute atomic E-state index is 13.1. The topological polar surface area (TPSA) is 34.1 Å². The van der Waals surface area contributed by atoms with Crippen LogP contribution in [0, 0.1) is 0 Å². The maximum atomic E-state index is 13.1. The van der Waals surface area contributed by atoms with Gasteiger partial charge in [-0.2, -0.15) is 0 Å². The van der Waals surface area contributed by atoms with Crippen LogP contribution in [-0.4, -0.2) is 53.8 Å². The molecule has 2 aliphatic rings. The van der Waals surface area contributed by atoms with Crippen molar-refractivity contribution in [1.82, 2.24) is 0 Å². The summed E-state index contributed by atoms with van der Waals surface area (Å²) in [7, 11) is 0. The predicted octanol–water partition coefficient (Wildman–Crippen LogP) is 3.22. The van der Waals surface area contributed by atoms with E-state index in [0.717, 1.165) is 10.8 Å². The Hall–Kier alpha value is -1.68. The molecule has 0 unspecified atom stereocenters. The van der Waals surface area contributed by atoms with E-state index < -0.39 is 13.3 Å². The van der Waals surface area contributed by atoms with Gasteiger partial charge in [-0.25, -0.2) is 0 Å². The van der Waals surface area contributed by atoms with Gasteiger partial charge in [0.25, 0.3) is 0 Å².